The summed E-state index contributed by atoms with van der Waals surface area (Å²) in [5.74, 6) is 1.50. The number of ether oxygens (including phenoxy) is 2. The van der Waals surface area contributed by atoms with Crippen LogP contribution in [0.5, 0.6) is 17.2 Å². The van der Waals surface area contributed by atoms with Crippen LogP contribution in [0, 0.1) is 0 Å². The molecule has 2 rings (SSSR count). The number of anilines is 1. The number of rotatable bonds is 5. The zero-order valence-electron chi connectivity index (χ0n) is 11.9. The Morgan fingerprint density at radius 1 is 1.10 bits per heavy atom. The third-order valence-electron chi connectivity index (χ3n) is 2.75. The number of hydrogen-bond acceptors (Lipinski definition) is 5. The molecule has 0 aliphatic heterocycles. The van der Waals surface area contributed by atoms with Crippen molar-refractivity contribution in [3.63, 3.8) is 0 Å². The van der Waals surface area contributed by atoms with Crippen LogP contribution in [0.2, 0.25) is 0 Å². The predicted octanol–water partition coefficient (Wildman–Crippen LogP) is 2.86. The van der Waals surface area contributed by atoms with Crippen molar-refractivity contribution in [1.82, 2.24) is 0 Å². The third kappa shape index (κ3) is 3.88. The summed E-state index contributed by atoms with van der Waals surface area (Å²) in [7, 11) is -3.27. The van der Waals surface area contributed by atoms with E-state index in [2.05, 4.69) is 0 Å². The Bertz CT molecular complexity index is 741. The lowest BCUT2D eigenvalue weighted by molar-refractivity contribution is 0.340. The Kier molecular flexibility index (Phi) is 4.37. The molecule has 0 heterocycles. The summed E-state index contributed by atoms with van der Waals surface area (Å²) in [6.45, 7) is 2.36. The molecule has 0 atom stereocenters. The normalized spacial score (nSPS) is 11.1. The van der Waals surface area contributed by atoms with Crippen molar-refractivity contribution in [2.75, 3.05) is 18.6 Å². The maximum absolute atomic E-state index is 11.5. The molecule has 0 fully saturated rings. The van der Waals surface area contributed by atoms with Crippen LogP contribution in [-0.4, -0.2) is 21.3 Å². The third-order valence-corrected chi connectivity index (χ3v) is 3.86. The van der Waals surface area contributed by atoms with Crippen LogP contribution in [-0.2, 0) is 9.84 Å². The second-order valence-electron chi connectivity index (χ2n) is 4.48. The Balaban J connectivity index is 2.28. The summed E-state index contributed by atoms with van der Waals surface area (Å²) in [6.07, 6.45) is 1.16. The van der Waals surface area contributed by atoms with Crippen LogP contribution in [0.4, 0.5) is 5.69 Å². The molecule has 112 valence electrons. The van der Waals surface area contributed by atoms with Gasteiger partial charge in [0.2, 0.25) is 0 Å². The van der Waals surface area contributed by atoms with Gasteiger partial charge in [-0.15, -0.1) is 0 Å². The molecule has 0 aliphatic rings. The van der Waals surface area contributed by atoms with Crippen molar-refractivity contribution in [3.8, 4) is 17.2 Å². The Labute approximate surface area is 124 Å². The molecular formula is C15H17NO4S. The molecule has 2 aromatic carbocycles. The molecule has 2 aromatic rings. The summed E-state index contributed by atoms with van der Waals surface area (Å²) in [5.41, 5.74) is 6.31. The fraction of sp³-hybridized carbons (Fsp3) is 0.200. The van der Waals surface area contributed by atoms with Gasteiger partial charge in [-0.05, 0) is 37.3 Å². The summed E-state index contributed by atoms with van der Waals surface area (Å²) >= 11 is 0. The first-order valence-corrected chi connectivity index (χ1v) is 8.29. The largest absolute Gasteiger partial charge is 0.492 e. The Morgan fingerprint density at radius 3 is 2.48 bits per heavy atom. The molecule has 0 unspecified atom stereocenters. The summed E-state index contributed by atoms with van der Waals surface area (Å²) in [6, 6.07) is 11.4. The average Bonchev–Trinajstić information content (AvgIpc) is 2.42. The van der Waals surface area contributed by atoms with E-state index in [4.69, 9.17) is 15.2 Å². The van der Waals surface area contributed by atoms with E-state index in [0.29, 0.717) is 29.5 Å². The van der Waals surface area contributed by atoms with Gasteiger partial charge >= 0.3 is 0 Å². The van der Waals surface area contributed by atoms with Crippen molar-refractivity contribution >= 4 is 15.5 Å². The molecular weight excluding hydrogens is 290 g/mol. The van der Waals surface area contributed by atoms with Crippen LogP contribution < -0.4 is 15.2 Å². The minimum absolute atomic E-state index is 0.209. The van der Waals surface area contributed by atoms with E-state index >= 15 is 0 Å². The number of benzene rings is 2. The summed E-state index contributed by atoms with van der Waals surface area (Å²) < 4.78 is 34.1. The van der Waals surface area contributed by atoms with E-state index in [1.54, 1.807) is 30.3 Å². The van der Waals surface area contributed by atoms with Crippen molar-refractivity contribution in [3.05, 3.63) is 42.5 Å². The Morgan fingerprint density at radius 2 is 1.81 bits per heavy atom. The second kappa shape index (κ2) is 6.05. The van der Waals surface area contributed by atoms with Crippen molar-refractivity contribution in [2.45, 2.75) is 11.8 Å². The van der Waals surface area contributed by atoms with Crippen LogP contribution in [0.15, 0.2) is 47.4 Å². The molecule has 2 N–H and O–H groups in total. The zero-order valence-corrected chi connectivity index (χ0v) is 12.7. The van der Waals surface area contributed by atoms with E-state index < -0.39 is 9.84 Å². The van der Waals surface area contributed by atoms with E-state index in [0.717, 1.165) is 6.26 Å². The fourth-order valence-electron chi connectivity index (χ4n) is 1.76. The highest BCUT2D eigenvalue weighted by atomic mass is 32.2. The first-order chi connectivity index (χ1) is 9.90. The van der Waals surface area contributed by atoms with Gasteiger partial charge in [-0.2, -0.15) is 0 Å². The van der Waals surface area contributed by atoms with Gasteiger partial charge in [-0.3, -0.25) is 0 Å². The van der Waals surface area contributed by atoms with Crippen LogP contribution in [0.3, 0.4) is 0 Å². The molecule has 0 aliphatic carbocycles. The highest BCUT2D eigenvalue weighted by Crippen LogP contribution is 2.30. The lowest BCUT2D eigenvalue weighted by atomic mass is 10.2. The molecule has 0 spiro atoms. The number of nitrogens with two attached hydrogens (primary N) is 1. The molecule has 0 aromatic heterocycles. The van der Waals surface area contributed by atoms with E-state index in [-0.39, 0.29) is 4.90 Å². The quantitative estimate of drug-likeness (QED) is 0.859. The predicted molar refractivity (Wildman–Crippen MR) is 81.6 cm³/mol. The molecule has 0 saturated carbocycles. The van der Waals surface area contributed by atoms with Crippen molar-refractivity contribution in [2.24, 2.45) is 0 Å². The molecule has 0 saturated heterocycles. The molecule has 5 nitrogen and oxygen atoms in total. The lowest BCUT2D eigenvalue weighted by Gasteiger charge is -2.11. The van der Waals surface area contributed by atoms with Gasteiger partial charge < -0.3 is 15.2 Å². The number of hydrogen-bond donors (Lipinski definition) is 1. The van der Waals surface area contributed by atoms with Crippen LogP contribution in [0.1, 0.15) is 6.92 Å². The molecule has 0 bridgehead atoms. The maximum Gasteiger partial charge on any atom is 0.175 e. The fourth-order valence-corrected chi connectivity index (χ4v) is 2.42. The lowest BCUT2D eigenvalue weighted by Crippen LogP contribution is -1.98. The second-order valence-corrected chi connectivity index (χ2v) is 6.50. The first-order valence-electron chi connectivity index (χ1n) is 6.40. The standard InChI is InChI=1S/C15H17NO4S/c1-3-19-15-10-12(7-8-14(15)16)20-11-5-4-6-13(9-11)21(2,17)18/h4-10H,3,16H2,1-2H3. The van der Waals surface area contributed by atoms with Gasteiger partial charge in [-0.25, -0.2) is 8.42 Å². The van der Waals surface area contributed by atoms with Gasteiger partial charge in [-0.1, -0.05) is 6.07 Å². The van der Waals surface area contributed by atoms with E-state index in [1.807, 2.05) is 6.92 Å². The first kappa shape index (κ1) is 15.2. The van der Waals surface area contributed by atoms with Gasteiger partial charge in [0.15, 0.2) is 9.84 Å². The van der Waals surface area contributed by atoms with Gasteiger partial charge in [0.1, 0.15) is 17.2 Å². The smallest absolute Gasteiger partial charge is 0.175 e. The monoisotopic (exact) mass is 307 g/mol. The number of sulfone groups is 1. The van der Waals surface area contributed by atoms with Crippen molar-refractivity contribution in [1.29, 1.82) is 0 Å². The minimum Gasteiger partial charge on any atom is -0.492 e. The van der Waals surface area contributed by atoms with E-state index in [9.17, 15) is 8.42 Å². The highest BCUT2D eigenvalue weighted by molar-refractivity contribution is 7.90. The zero-order chi connectivity index (χ0) is 15.5. The molecule has 0 amide bonds. The average molecular weight is 307 g/mol. The maximum atomic E-state index is 11.5. The summed E-state index contributed by atoms with van der Waals surface area (Å²) in [4.78, 5) is 0.209. The molecule has 0 radical (unpaired) electrons. The SMILES string of the molecule is CCOc1cc(Oc2cccc(S(C)(=O)=O)c2)ccc1N. The van der Waals surface area contributed by atoms with Crippen LogP contribution >= 0.6 is 0 Å². The minimum atomic E-state index is -3.27. The van der Waals surface area contributed by atoms with Crippen LogP contribution in [0.25, 0.3) is 0 Å². The topological polar surface area (TPSA) is 78.6 Å². The summed E-state index contributed by atoms with van der Waals surface area (Å²) in [5, 5.41) is 0. The Hall–Kier alpha value is -2.21. The molecule has 6 heteroatoms. The highest BCUT2D eigenvalue weighted by Gasteiger charge is 2.09. The van der Waals surface area contributed by atoms with Crippen molar-refractivity contribution < 1.29 is 17.9 Å². The van der Waals surface area contributed by atoms with Gasteiger partial charge in [0.05, 0.1) is 17.2 Å². The molecule has 21 heavy (non-hydrogen) atoms. The number of nitrogen functional groups attached to an aromatic ring is 1. The van der Waals surface area contributed by atoms with E-state index in [1.165, 1.54) is 12.1 Å². The van der Waals surface area contributed by atoms with Gasteiger partial charge in [0.25, 0.3) is 0 Å². The van der Waals surface area contributed by atoms with Gasteiger partial charge in [0, 0.05) is 12.3 Å².